The molecule has 0 bridgehead atoms. The molecule has 0 spiro atoms. The Morgan fingerprint density at radius 1 is 1.11 bits per heavy atom. The zero-order valence-corrected chi connectivity index (χ0v) is 12.5. The standard InChI is InChI=1S/C17H25NO/c1-16(2)11-13(12-17(3,4)18-16)10-15(19)14-8-6-5-7-9-14/h5-9,13,18H,10-12H2,1-4H3. The number of hydrogen-bond acceptors (Lipinski definition) is 2. The third kappa shape index (κ3) is 3.90. The van der Waals surface area contributed by atoms with E-state index in [2.05, 4.69) is 33.0 Å². The molecular weight excluding hydrogens is 234 g/mol. The first-order valence-corrected chi connectivity index (χ1v) is 7.15. The van der Waals surface area contributed by atoms with Crippen LogP contribution in [-0.4, -0.2) is 16.9 Å². The maximum Gasteiger partial charge on any atom is 0.163 e. The topological polar surface area (TPSA) is 29.1 Å². The highest BCUT2D eigenvalue weighted by Crippen LogP contribution is 2.35. The number of ketones is 1. The fraction of sp³-hybridized carbons (Fsp3) is 0.588. The van der Waals surface area contributed by atoms with Crippen LogP contribution in [-0.2, 0) is 0 Å². The quantitative estimate of drug-likeness (QED) is 0.836. The largest absolute Gasteiger partial charge is 0.307 e. The summed E-state index contributed by atoms with van der Waals surface area (Å²) in [5.74, 6) is 0.748. The molecule has 1 aromatic carbocycles. The van der Waals surface area contributed by atoms with Crippen LogP contribution in [0.25, 0.3) is 0 Å². The van der Waals surface area contributed by atoms with Gasteiger partial charge in [-0.15, -0.1) is 0 Å². The number of piperidine rings is 1. The van der Waals surface area contributed by atoms with Gasteiger partial charge in [0.05, 0.1) is 0 Å². The molecule has 1 heterocycles. The van der Waals surface area contributed by atoms with Crippen molar-refractivity contribution in [3.05, 3.63) is 35.9 Å². The van der Waals surface area contributed by atoms with E-state index in [0.29, 0.717) is 12.3 Å². The van der Waals surface area contributed by atoms with Crippen molar-refractivity contribution in [1.29, 1.82) is 0 Å². The number of carbonyl (C=O) groups is 1. The summed E-state index contributed by atoms with van der Waals surface area (Å²) < 4.78 is 0. The monoisotopic (exact) mass is 259 g/mol. The summed E-state index contributed by atoms with van der Waals surface area (Å²) >= 11 is 0. The lowest BCUT2D eigenvalue weighted by Crippen LogP contribution is -2.57. The first-order chi connectivity index (χ1) is 8.77. The number of nitrogens with one attached hydrogen (secondary N) is 1. The fourth-order valence-electron chi connectivity index (χ4n) is 3.68. The van der Waals surface area contributed by atoms with E-state index in [1.807, 2.05) is 30.3 Å². The molecule has 2 rings (SSSR count). The van der Waals surface area contributed by atoms with E-state index in [-0.39, 0.29) is 16.9 Å². The molecule has 0 aliphatic carbocycles. The zero-order chi connectivity index (χ0) is 14.1. The highest BCUT2D eigenvalue weighted by molar-refractivity contribution is 5.96. The second-order valence-corrected chi connectivity index (χ2v) is 7.16. The summed E-state index contributed by atoms with van der Waals surface area (Å²) in [6.07, 6.45) is 2.79. The van der Waals surface area contributed by atoms with Crippen LogP contribution in [0.15, 0.2) is 30.3 Å². The Labute approximate surface area is 116 Å². The van der Waals surface area contributed by atoms with E-state index < -0.39 is 0 Å². The molecule has 1 aliphatic heterocycles. The number of Topliss-reactive ketones (excluding diaryl/α,β-unsaturated/α-hetero) is 1. The number of hydrogen-bond donors (Lipinski definition) is 1. The van der Waals surface area contributed by atoms with E-state index in [1.165, 1.54) is 0 Å². The molecule has 104 valence electrons. The van der Waals surface area contributed by atoms with Crippen molar-refractivity contribution in [3.63, 3.8) is 0 Å². The van der Waals surface area contributed by atoms with Crippen LogP contribution in [0.3, 0.4) is 0 Å². The highest BCUT2D eigenvalue weighted by atomic mass is 16.1. The van der Waals surface area contributed by atoms with Crippen molar-refractivity contribution in [3.8, 4) is 0 Å². The van der Waals surface area contributed by atoms with Crippen molar-refractivity contribution in [1.82, 2.24) is 5.32 Å². The second kappa shape index (κ2) is 5.09. The van der Waals surface area contributed by atoms with Crippen LogP contribution in [0.4, 0.5) is 0 Å². The van der Waals surface area contributed by atoms with Gasteiger partial charge in [-0.05, 0) is 46.5 Å². The Kier molecular flexibility index (Phi) is 3.82. The van der Waals surface area contributed by atoms with Crippen LogP contribution in [0.2, 0.25) is 0 Å². The van der Waals surface area contributed by atoms with E-state index in [4.69, 9.17) is 0 Å². The predicted molar refractivity (Wildman–Crippen MR) is 79.4 cm³/mol. The minimum atomic E-state index is 0.114. The molecule has 1 aromatic rings. The summed E-state index contributed by atoms with van der Waals surface area (Å²) in [7, 11) is 0. The zero-order valence-electron chi connectivity index (χ0n) is 12.5. The van der Waals surface area contributed by atoms with E-state index in [1.54, 1.807) is 0 Å². The van der Waals surface area contributed by atoms with Crippen molar-refractivity contribution in [2.45, 2.75) is 58.0 Å². The number of carbonyl (C=O) groups excluding carboxylic acids is 1. The van der Waals surface area contributed by atoms with Gasteiger partial charge in [0, 0.05) is 23.1 Å². The minimum absolute atomic E-state index is 0.114. The molecule has 2 heteroatoms. The van der Waals surface area contributed by atoms with Crippen molar-refractivity contribution in [2.24, 2.45) is 5.92 Å². The predicted octanol–water partition coefficient (Wildman–Crippen LogP) is 3.82. The lowest BCUT2D eigenvalue weighted by molar-refractivity contribution is 0.0864. The number of benzene rings is 1. The molecule has 1 fully saturated rings. The van der Waals surface area contributed by atoms with Gasteiger partial charge >= 0.3 is 0 Å². The Morgan fingerprint density at radius 3 is 2.16 bits per heavy atom. The maximum atomic E-state index is 12.3. The van der Waals surface area contributed by atoms with Crippen LogP contribution >= 0.6 is 0 Å². The van der Waals surface area contributed by atoms with Crippen LogP contribution < -0.4 is 5.32 Å². The third-order valence-electron chi connectivity index (χ3n) is 3.84. The Bertz CT molecular complexity index is 432. The Balaban J connectivity index is 2.05. The molecule has 0 saturated carbocycles. The average molecular weight is 259 g/mol. The van der Waals surface area contributed by atoms with Crippen LogP contribution in [0.5, 0.6) is 0 Å². The summed E-state index contributed by atoms with van der Waals surface area (Å²) in [4.78, 5) is 12.3. The van der Waals surface area contributed by atoms with E-state index in [9.17, 15) is 4.79 Å². The van der Waals surface area contributed by atoms with Gasteiger partial charge in [0.25, 0.3) is 0 Å². The van der Waals surface area contributed by atoms with Crippen LogP contribution in [0, 0.1) is 5.92 Å². The smallest absolute Gasteiger partial charge is 0.163 e. The lowest BCUT2D eigenvalue weighted by Gasteiger charge is -2.46. The van der Waals surface area contributed by atoms with Crippen molar-refractivity contribution >= 4 is 5.78 Å². The molecule has 2 nitrogen and oxygen atoms in total. The summed E-state index contributed by atoms with van der Waals surface area (Å²) in [5, 5.41) is 3.66. The van der Waals surface area contributed by atoms with Gasteiger partial charge in [0.2, 0.25) is 0 Å². The fourth-order valence-corrected chi connectivity index (χ4v) is 3.68. The molecule has 1 saturated heterocycles. The van der Waals surface area contributed by atoms with Gasteiger partial charge in [-0.2, -0.15) is 0 Å². The SMILES string of the molecule is CC1(C)CC(CC(=O)c2ccccc2)CC(C)(C)N1. The van der Waals surface area contributed by atoms with Gasteiger partial charge in [-0.1, -0.05) is 30.3 Å². The molecule has 0 aromatic heterocycles. The first kappa shape index (κ1) is 14.3. The summed E-state index contributed by atoms with van der Waals surface area (Å²) in [6, 6.07) is 9.65. The maximum absolute atomic E-state index is 12.3. The summed E-state index contributed by atoms with van der Waals surface area (Å²) in [5.41, 5.74) is 1.07. The lowest BCUT2D eigenvalue weighted by atomic mass is 9.74. The van der Waals surface area contributed by atoms with Crippen LogP contribution in [0.1, 0.15) is 57.3 Å². The van der Waals surface area contributed by atoms with Gasteiger partial charge in [0.15, 0.2) is 5.78 Å². The molecule has 1 N–H and O–H groups in total. The van der Waals surface area contributed by atoms with Crippen molar-refractivity contribution < 1.29 is 4.79 Å². The second-order valence-electron chi connectivity index (χ2n) is 7.16. The first-order valence-electron chi connectivity index (χ1n) is 7.15. The summed E-state index contributed by atoms with van der Waals surface area (Å²) in [6.45, 7) is 8.92. The minimum Gasteiger partial charge on any atom is -0.307 e. The average Bonchev–Trinajstić information content (AvgIpc) is 2.25. The molecular formula is C17H25NO. The van der Waals surface area contributed by atoms with Gasteiger partial charge in [-0.3, -0.25) is 4.79 Å². The normalized spacial score (nSPS) is 22.1. The molecule has 1 aliphatic rings. The van der Waals surface area contributed by atoms with Gasteiger partial charge < -0.3 is 5.32 Å². The van der Waals surface area contributed by atoms with Gasteiger partial charge in [0.1, 0.15) is 0 Å². The molecule has 0 radical (unpaired) electrons. The highest BCUT2D eigenvalue weighted by Gasteiger charge is 2.38. The Hall–Kier alpha value is -1.15. The molecule has 0 amide bonds. The third-order valence-corrected chi connectivity index (χ3v) is 3.84. The number of rotatable bonds is 3. The molecule has 0 unspecified atom stereocenters. The van der Waals surface area contributed by atoms with Crippen molar-refractivity contribution in [2.75, 3.05) is 0 Å². The van der Waals surface area contributed by atoms with E-state index in [0.717, 1.165) is 18.4 Å². The van der Waals surface area contributed by atoms with E-state index >= 15 is 0 Å². The molecule has 0 atom stereocenters. The molecule has 19 heavy (non-hydrogen) atoms. The Morgan fingerprint density at radius 2 is 1.63 bits per heavy atom. The van der Waals surface area contributed by atoms with Gasteiger partial charge in [-0.25, -0.2) is 0 Å².